The van der Waals surface area contributed by atoms with Crippen molar-refractivity contribution in [2.75, 3.05) is 25.4 Å². The van der Waals surface area contributed by atoms with Crippen molar-refractivity contribution < 1.29 is 9.53 Å². The minimum atomic E-state index is -0.169. The molecule has 3 heterocycles. The van der Waals surface area contributed by atoms with Crippen LogP contribution in [0.2, 0.25) is 0 Å². The van der Waals surface area contributed by atoms with Crippen LogP contribution in [-0.2, 0) is 4.79 Å². The molecule has 6 nitrogen and oxygen atoms in total. The molecule has 5 rings (SSSR count). The fraction of sp³-hybridized carbons (Fsp3) is 0.185. The second-order valence-corrected chi connectivity index (χ2v) is 9.28. The van der Waals surface area contributed by atoms with Crippen LogP contribution in [-0.4, -0.2) is 30.5 Å². The summed E-state index contributed by atoms with van der Waals surface area (Å²) in [4.78, 5) is 17.2. The van der Waals surface area contributed by atoms with E-state index in [2.05, 4.69) is 27.6 Å². The molecule has 1 fully saturated rings. The first-order valence-electron chi connectivity index (χ1n) is 11.3. The van der Waals surface area contributed by atoms with Crippen molar-refractivity contribution in [3.05, 3.63) is 78.3 Å². The van der Waals surface area contributed by atoms with E-state index < -0.39 is 0 Å². The number of anilines is 1. The Morgan fingerprint density at radius 2 is 1.94 bits per heavy atom. The lowest BCUT2D eigenvalue weighted by Crippen LogP contribution is -2.30. The van der Waals surface area contributed by atoms with E-state index in [1.807, 2.05) is 54.6 Å². The van der Waals surface area contributed by atoms with Crippen LogP contribution in [0, 0.1) is 5.92 Å². The highest BCUT2D eigenvalue weighted by Crippen LogP contribution is 2.40. The first-order valence-corrected chi connectivity index (χ1v) is 12.2. The van der Waals surface area contributed by atoms with Crippen molar-refractivity contribution in [3.63, 3.8) is 0 Å². The number of nitrogens with one attached hydrogen (secondary N) is 2. The van der Waals surface area contributed by atoms with Crippen molar-refractivity contribution in [1.29, 1.82) is 0 Å². The molecule has 0 spiro atoms. The molecule has 0 aliphatic carbocycles. The molecular formula is C27H26N4O2S. The van der Waals surface area contributed by atoms with Gasteiger partial charge in [-0.25, -0.2) is 4.98 Å². The number of hydrogen-bond donors (Lipinski definition) is 3. The number of nitrogens with two attached hydrogens (primary N) is 1. The van der Waals surface area contributed by atoms with Gasteiger partial charge in [0.1, 0.15) is 17.3 Å². The maximum atomic E-state index is 12.8. The van der Waals surface area contributed by atoms with E-state index in [1.165, 1.54) is 0 Å². The molecule has 1 saturated heterocycles. The Labute approximate surface area is 202 Å². The van der Waals surface area contributed by atoms with E-state index >= 15 is 0 Å². The lowest BCUT2D eigenvalue weighted by Gasteiger charge is -2.12. The minimum absolute atomic E-state index is 0.169. The average molecular weight is 471 g/mol. The van der Waals surface area contributed by atoms with Crippen LogP contribution in [0.4, 0.5) is 5.82 Å². The van der Waals surface area contributed by atoms with E-state index in [1.54, 1.807) is 17.5 Å². The van der Waals surface area contributed by atoms with Crippen LogP contribution in [0.15, 0.2) is 72.8 Å². The van der Waals surface area contributed by atoms with Gasteiger partial charge in [0.05, 0.1) is 0 Å². The third-order valence-corrected chi connectivity index (χ3v) is 7.09. The Morgan fingerprint density at radius 3 is 2.68 bits per heavy atom. The normalized spacial score (nSPS) is 15.4. The lowest BCUT2D eigenvalue weighted by molar-refractivity contribution is -0.115. The number of ether oxygens (including phenoxy) is 1. The largest absolute Gasteiger partial charge is 0.457 e. The first kappa shape index (κ1) is 22.1. The van der Waals surface area contributed by atoms with E-state index in [0.29, 0.717) is 29.4 Å². The fourth-order valence-electron chi connectivity index (χ4n) is 4.18. The molecule has 1 amide bonds. The van der Waals surface area contributed by atoms with Gasteiger partial charge in [-0.3, -0.25) is 4.79 Å². The molecule has 4 N–H and O–H groups in total. The van der Waals surface area contributed by atoms with Gasteiger partial charge >= 0.3 is 0 Å². The second kappa shape index (κ2) is 9.67. The molecule has 1 aliphatic heterocycles. The predicted molar refractivity (Wildman–Crippen MR) is 139 cm³/mol. The highest BCUT2D eigenvalue weighted by molar-refractivity contribution is 7.18. The Bertz CT molecular complexity index is 1330. The molecule has 2 aromatic carbocycles. The number of benzene rings is 2. The number of carbonyl (C=O) groups is 1. The van der Waals surface area contributed by atoms with Gasteiger partial charge in [-0.1, -0.05) is 36.9 Å². The van der Waals surface area contributed by atoms with Crippen molar-refractivity contribution in [2.45, 2.75) is 6.42 Å². The molecule has 1 aliphatic rings. The molecule has 2 aromatic heterocycles. The third kappa shape index (κ3) is 4.53. The van der Waals surface area contributed by atoms with Gasteiger partial charge < -0.3 is 21.1 Å². The van der Waals surface area contributed by atoms with Gasteiger partial charge in [0.15, 0.2) is 0 Å². The second-order valence-electron chi connectivity index (χ2n) is 8.40. The minimum Gasteiger partial charge on any atom is -0.457 e. The van der Waals surface area contributed by atoms with Crippen LogP contribution in [0.1, 0.15) is 12.0 Å². The Kier molecular flexibility index (Phi) is 6.29. The number of amides is 1. The molecule has 7 heteroatoms. The molecular weight excluding hydrogens is 444 g/mol. The van der Waals surface area contributed by atoms with E-state index in [0.717, 1.165) is 52.2 Å². The smallest absolute Gasteiger partial charge is 0.251 e. The molecule has 0 saturated carbocycles. The number of hydrogen-bond acceptors (Lipinski definition) is 6. The number of carbonyl (C=O) groups excluding carboxylic acids is 1. The summed E-state index contributed by atoms with van der Waals surface area (Å²) in [5, 5.41) is 9.23. The number of rotatable bonds is 7. The zero-order valence-corrected chi connectivity index (χ0v) is 19.5. The lowest BCUT2D eigenvalue weighted by atomic mass is 10.0. The van der Waals surface area contributed by atoms with Gasteiger partial charge in [0, 0.05) is 39.5 Å². The van der Waals surface area contributed by atoms with Crippen LogP contribution < -0.4 is 21.1 Å². The number of aromatic nitrogens is 1. The number of nitrogen functional groups attached to an aromatic ring is 1. The van der Waals surface area contributed by atoms with Crippen LogP contribution in [0.25, 0.3) is 26.8 Å². The topological polar surface area (TPSA) is 89.3 Å². The van der Waals surface area contributed by atoms with Gasteiger partial charge in [0.25, 0.3) is 5.91 Å². The van der Waals surface area contributed by atoms with Crippen LogP contribution >= 0.6 is 11.3 Å². The van der Waals surface area contributed by atoms with E-state index in [4.69, 9.17) is 10.5 Å². The summed E-state index contributed by atoms with van der Waals surface area (Å²) in [6.07, 6.45) is 2.72. The first-order chi connectivity index (χ1) is 16.6. The number of thiophene rings is 1. The van der Waals surface area contributed by atoms with Crippen LogP contribution in [0.5, 0.6) is 11.5 Å². The fourth-order valence-corrected chi connectivity index (χ4v) is 5.30. The van der Waals surface area contributed by atoms with E-state index in [9.17, 15) is 4.79 Å². The number of pyridine rings is 1. The van der Waals surface area contributed by atoms with Gasteiger partial charge in [-0.2, -0.15) is 0 Å². The average Bonchev–Trinajstić information content (AvgIpc) is 3.54. The van der Waals surface area contributed by atoms with Crippen LogP contribution in [0.3, 0.4) is 0 Å². The van der Waals surface area contributed by atoms with Gasteiger partial charge in [-0.05, 0) is 60.6 Å². The maximum Gasteiger partial charge on any atom is 0.251 e. The quantitative estimate of drug-likeness (QED) is 0.328. The van der Waals surface area contributed by atoms with Gasteiger partial charge in [0.2, 0.25) is 0 Å². The highest BCUT2D eigenvalue weighted by atomic mass is 32.1. The molecule has 0 bridgehead atoms. The van der Waals surface area contributed by atoms with Gasteiger partial charge in [-0.15, -0.1) is 11.3 Å². The highest BCUT2D eigenvalue weighted by Gasteiger charge is 2.20. The zero-order chi connectivity index (χ0) is 23.5. The van der Waals surface area contributed by atoms with Crippen molar-refractivity contribution >= 4 is 38.7 Å². The summed E-state index contributed by atoms with van der Waals surface area (Å²) >= 11 is 1.54. The van der Waals surface area contributed by atoms with E-state index in [-0.39, 0.29) is 5.91 Å². The Balaban J connectivity index is 1.39. The summed E-state index contributed by atoms with van der Waals surface area (Å²) in [6.45, 7) is 6.64. The molecule has 0 radical (unpaired) electrons. The monoisotopic (exact) mass is 470 g/mol. The molecule has 34 heavy (non-hydrogen) atoms. The summed E-state index contributed by atoms with van der Waals surface area (Å²) in [7, 11) is 0. The summed E-state index contributed by atoms with van der Waals surface area (Å²) in [6, 6.07) is 17.5. The summed E-state index contributed by atoms with van der Waals surface area (Å²) in [5.74, 6) is 2.27. The predicted octanol–water partition coefficient (Wildman–Crippen LogP) is 5.08. The number of fused-ring (bicyclic) bond motifs is 1. The number of para-hydroxylation sites is 1. The maximum absolute atomic E-state index is 12.8. The molecule has 1 unspecified atom stereocenters. The summed E-state index contributed by atoms with van der Waals surface area (Å²) < 4.78 is 6.82. The number of nitrogens with zero attached hydrogens (tertiary/aromatic N) is 1. The summed E-state index contributed by atoms with van der Waals surface area (Å²) in [5.41, 5.74) is 9.39. The third-order valence-electron chi connectivity index (χ3n) is 6.08. The molecule has 172 valence electrons. The molecule has 4 aromatic rings. The van der Waals surface area contributed by atoms with Crippen molar-refractivity contribution in [3.8, 4) is 22.6 Å². The zero-order valence-electron chi connectivity index (χ0n) is 18.7. The van der Waals surface area contributed by atoms with Crippen molar-refractivity contribution in [2.24, 2.45) is 5.92 Å². The standard InChI is InChI=1S/C27H26N4O2S/c1-17(27(32)31-14-18-11-12-29-13-18)22-15-30-26(28)24-23(16-34-25(22)24)19-7-9-21(10-8-19)33-20-5-3-2-4-6-20/h2-10,15-16,18,29H,1,11-14H2,(H2,28,30)(H,31,32). The Hall–Kier alpha value is -3.68. The van der Waals surface area contributed by atoms with Crippen molar-refractivity contribution in [1.82, 2.24) is 15.6 Å². The molecule has 1 atom stereocenters. The Morgan fingerprint density at radius 1 is 1.18 bits per heavy atom. The SMILES string of the molecule is C=C(C(=O)NCC1CCNC1)c1cnc(N)c2c(-c3ccc(Oc4ccccc4)cc3)csc12.